The SMILES string of the molecule is CS(=O)(=O)c1cc([N+](=O)[O-])c(N2CCC[C@@H]3CCC[C@@H]32)s1. The summed E-state index contributed by atoms with van der Waals surface area (Å²) < 4.78 is 23.5. The number of hydrogen-bond donors (Lipinski definition) is 0. The zero-order chi connectivity index (χ0) is 15.2. The fraction of sp³-hybridized carbons (Fsp3) is 0.692. The number of nitro groups is 1. The molecule has 0 bridgehead atoms. The van der Waals surface area contributed by atoms with E-state index in [1.165, 1.54) is 18.9 Å². The van der Waals surface area contributed by atoms with Crippen LogP contribution in [0.4, 0.5) is 10.7 Å². The van der Waals surface area contributed by atoms with Crippen LogP contribution in [0.2, 0.25) is 0 Å². The van der Waals surface area contributed by atoms with Crippen LogP contribution in [0.25, 0.3) is 0 Å². The van der Waals surface area contributed by atoms with E-state index in [0.717, 1.165) is 43.4 Å². The standard InChI is InChI=1S/C13H18N2O4S2/c1-21(18,19)12-8-11(15(16)17)13(20-12)14-7-3-5-9-4-2-6-10(9)14/h8-10H,2-7H2,1H3/t9-,10-/m0/s1. The Kier molecular flexibility index (Phi) is 3.69. The highest BCUT2D eigenvalue weighted by Gasteiger charge is 2.39. The first-order valence-corrected chi connectivity index (χ1v) is 9.83. The van der Waals surface area contributed by atoms with Crippen molar-refractivity contribution in [1.82, 2.24) is 0 Å². The quantitative estimate of drug-likeness (QED) is 0.629. The Morgan fingerprint density at radius 3 is 2.71 bits per heavy atom. The lowest BCUT2D eigenvalue weighted by atomic mass is 9.92. The number of sulfone groups is 1. The molecule has 2 heterocycles. The van der Waals surface area contributed by atoms with Gasteiger partial charge in [0.1, 0.15) is 4.21 Å². The molecule has 1 aliphatic heterocycles. The van der Waals surface area contributed by atoms with Crippen LogP contribution in [-0.2, 0) is 9.84 Å². The largest absolute Gasteiger partial charge is 0.355 e. The number of nitrogens with zero attached hydrogens (tertiary/aromatic N) is 2. The molecule has 2 aliphatic rings. The lowest BCUT2D eigenvalue weighted by Gasteiger charge is -2.38. The maximum Gasteiger partial charge on any atom is 0.305 e. The van der Waals surface area contributed by atoms with E-state index in [4.69, 9.17) is 0 Å². The first-order chi connectivity index (χ1) is 9.88. The van der Waals surface area contributed by atoms with Gasteiger partial charge in [0.2, 0.25) is 0 Å². The second-order valence-electron chi connectivity index (χ2n) is 5.88. The summed E-state index contributed by atoms with van der Waals surface area (Å²) in [5.41, 5.74) is -0.0621. The highest BCUT2D eigenvalue weighted by molar-refractivity contribution is 7.92. The van der Waals surface area contributed by atoms with E-state index in [1.54, 1.807) is 0 Å². The van der Waals surface area contributed by atoms with Gasteiger partial charge in [-0.1, -0.05) is 17.8 Å². The summed E-state index contributed by atoms with van der Waals surface area (Å²) in [6.07, 6.45) is 6.68. The predicted molar refractivity (Wildman–Crippen MR) is 81.8 cm³/mol. The molecule has 6 nitrogen and oxygen atoms in total. The third kappa shape index (κ3) is 2.66. The Balaban J connectivity index is 2.04. The molecule has 2 atom stereocenters. The van der Waals surface area contributed by atoms with E-state index in [2.05, 4.69) is 4.90 Å². The fourth-order valence-corrected chi connectivity index (χ4v) is 5.69. The smallest absolute Gasteiger partial charge is 0.305 e. The van der Waals surface area contributed by atoms with Crippen molar-refractivity contribution >= 4 is 31.9 Å². The van der Waals surface area contributed by atoms with Gasteiger partial charge in [-0.05, 0) is 31.6 Å². The Hall–Kier alpha value is -1.15. The third-order valence-corrected chi connectivity index (χ3v) is 7.45. The molecule has 1 aromatic rings. The topological polar surface area (TPSA) is 80.5 Å². The molecular formula is C13H18N2O4S2. The molecule has 21 heavy (non-hydrogen) atoms. The number of fused-ring (bicyclic) bond motifs is 1. The highest BCUT2D eigenvalue weighted by Crippen LogP contribution is 2.46. The molecule has 0 N–H and O–H groups in total. The minimum Gasteiger partial charge on any atom is -0.355 e. The minimum absolute atomic E-state index is 0.0621. The molecule has 1 saturated heterocycles. The second-order valence-corrected chi connectivity index (χ2v) is 9.15. The summed E-state index contributed by atoms with van der Waals surface area (Å²) in [6.45, 7) is 0.783. The van der Waals surface area contributed by atoms with E-state index in [-0.39, 0.29) is 9.90 Å². The van der Waals surface area contributed by atoms with Crippen LogP contribution in [0.5, 0.6) is 0 Å². The van der Waals surface area contributed by atoms with E-state index in [9.17, 15) is 18.5 Å². The molecule has 3 rings (SSSR count). The van der Waals surface area contributed by atoms with Crippen LogP contribution >= 0.6 is 11.3 Å². The van der Waals surface area contributed by atoms with Crippen LogP contribution in [0, 0.1) is 16.0 Å². The van der Waals surface area contributed by atoms with Crippen LogP contribution in [0.15, 0.2) is 10.3 Å². The third-order valence-electron chi connectivity index (χ3n) is 4.49. The van der Waals surface area contributed by atoms with E-state index >= 15 is 0 Å². The van der Waals surface area contributed by atoms with Crippen molar-refractivity contribution in [2.24, 2.45) is 5.92 Å². The number of thiophene rings is 1. The molecule has 0 aromatic carbocycles. The van der Waals surface area contributed by atoms with Gasteiger partial charge in [0.25, 0.3) is 0 Å². The zero-order valence-electron chi connectivity index (χ0n) is 11.8. The second kappa shape index (κ2) is 5.24. The van der Waals surface area contributed by atoms with Crippen molar-refractivity contribution in [2.75, 3.05) is 17.7 Å². The van der Waals surface area contributed by atoms with Crippen molar-refractivity contribution in [3.8, 4) is 0 Å². The van der Waals surface area contributed by atoms with E-state index in [0.29, 0.717) is 17.0 Å². The van der Waals surface area contributed by atoms with Crippen molar-refractivity contribution in [3.63, 3.8) is 0 Å². The maximum atomic E-state index is 11.7. The maximum absolute atomic E-state index is 11.7. The van der Waals surface area contributed by atoms with Crippen LogP contribution in [0.3, 0.4) is 0 Å². The number of rotatable bonds is 3. The first kappa shape index (κ1) is 14.8. The van der Waals surface area contributed by atoms with Gasteiger partial charge in [-0.25, -0.2) is 8.42 Å². The Bertz CT molecular complexity index is 668. The molecular weight excluding hydrogens is 312 g/mol. The first-order valence-electron chi connectivity index (χ1n) is 7.13. The highest BCUT2D eigenvalue weighted by atomic mass is 32.2. The van der Waals surface area contributed by atoms with Crippen molar-refractivity contribution in [2.45, 2.75) is 42.4 Å². The van der Waals surface area contributed by atoms with Gasteiger partial charge in [0, 0.05) is 24.9 Å². The average molecular weight is 330 g/mol. The van der Waals surface area contributed by atoms with Crippen molar-refractivity contribution in [1.29, 1.82) is 0 Å². The van der Waals surface area contributed by atoms with Crippen LogP contribution < -0.4 is 4.90 Å². The van der Waals surface area contributed by atoms with Gasteiger partial charge in [-0.3, -0.25) is 10.1 Å². The van der Waals surface area contributed by atoms with Crippen molar-refractivity contribution in [3.05, 3.63) is 16.2 Å². The van der Waals surface area contributed by atoms with Crippen LogP contribution in [-0.4, -0.2) is 32.2 Å². The number of hydrogen-bond acceptors (Lipinski definition) is 6. The summed E-state index contributed by atoms with van der Waals surface area (Å²) in [7, 11) is -3.41. The summed E-state index contributed by atoms with van der Waals surface area (Å²) in [6, 6.07) is 1.55. The number of piperidine rings is 1. The van der Waals surface area contributed by atoms with Gasteiger partial charge in [0.15, 0.2) is 14.8 Å². The molecule has 2 fully saturated rings. The summed E-state index contributed by atoms with van der Waals surface area (Å²) in [5, 5.41) is 11.8. The summed E-state index contributed by atoms with van der Waals surface area (Å²) in [5.74, 6) is 0.599. The normalized spacial score (nSPS) is 25.9. The zero-order valence-corrected chi connectivity index (χ0v) is 13.5. The predicted octanol–water partition coefficient (Wildman–Crippen LogP) is 2.83. The van der Waals surface area contributed by atoms with Gasteiger partial charge in [-0.2, -0.15) is 0 Å². The fourth-order valence-electron chi connectivity index (χ4n) is 3.58. The average Bonchev–Trinajstić information content (AvgIpc) is 3.04. The van der Waals surface area contributed by atoms with Gasteiger partial charge >= 0.3 is 5.69 Å². The number of anilines is 1. The molecule has 1 aromatic heterocycles. The summed E-state index contributed by atoms with van der Waals surface area (Å²) >= 11 is 1.05. The van der Waals surface area contributed by atoms with Gasteiger partial charge in [0.05, 0.1) is 4.92 Å². The van der Waals surface area contributed by atoms with E-state index < -0.39 is 14.8 Å². The van der Waals surface area contributed by atoms with Crippen LogP contribution in [0.1, 0.15) is 32.1 Å². The van der Waals surface area contributed by atoms with Crippen molar-refractivity contribution < 1.29 is 13.3 Å². The molecule has 0 radical (unpaired) electrons. The molecule has 0 unspecified atom stereocenters. The molecule has 0 spiro atoms. The summed E-state index contributed by atoms with van der Waals surface area (Å²) in [4.78, 5) is 12.9. The van der Waals surface area contributed by atoms with E-state index in [1.807, 2.05) is 0 Å². The monoisotopic (exact) mass is 330 g/mol. The molecule has 1 aliphatic carbocycles. The Labute approximate surface area is 127 Å². The molecule has 116 valence electrons. The lowest BCUT2D eigenvalue weighted by Crippen LogP contribution is -2.42. The van der Waals surface area contributed by atoms with Gasteiger partial charge < -0.3 is 4.90 Å². The molecule has 8 heteroatoms. The lowest BCUT2D eigenvalue weighted by molar-refractivity contribution is -0.383. The minimum atomic E-state index is -3.41. The molecule has 0 amide bonds. The Morgan fingerprint density at radius 2 is 2.05 bits per heavy atom. The van der Waals surface area contributed by atoms with Gasteiger partial charge in [-0.15, -0.1) is 0 Å². The molecule has 1 saturated carbocycles. The Morgan fingerprint density at radius 1 is 1.33 bits per heavy atom.